The minimum Gasteiger partial charge on any atom is -0.481 e. The SMILES string of the molecule is Cc1ccc2nc(CNC(=O)NCCCC(=O)O)[nH]c2c1. The normalized spacial score (nSPS) is 10.5. The van der Waals surface area contributed by atoms with Gasteiger partial charge in [0.1, 0.15) is 5.82 Å². The lowest BCUT2D eigenvalue weighted by Crippen LogP contribution is -2.35. The number of rotatable bonds is 6. The number of nitrogens with one attached hydrogen (secondary N) is 3. The molecule has 21 heavy (non-hydrogen) atoms. The summed E-state index contributed by atoms with van der Waals surface area (Å²) in [5.41, 5.74) is 2.94. The molecule has 0 spiro atoms. The molecular weight excluding hydrogens is 272 g/mol. The summed E-state index contributed by atoms with van der Waals surface area (Å²) in [6, 6.07) is 5.57. The summed E-state index contributed by atoms with van der Waals surface area (Å²) >= 11 is 0. The molecule has 112 valence electrons. The number of carboxylic acids is 1. The van der Waals surface area contributed by atoms with Crippen molar-refractivity contribution >= 4 is 23.0 Å². The Morgan fingerprint density at radius 1 is 1.33 bits per heavy atom. The van der Waals surface area contributed by atoms with Crippen LogP contribution in [-0.2, 0) is 11.3 Å². The minimum absolute atomic E-state index is 0.0448. The highest BCUT2D eigenvalue weighted by Gasteiger charge is 2.05. The zero-order valence-corrected chi connectivity index (χ0v) is 11.8. The largest absolute Gasteiger partial charge is 0.481 e. The number of fused-ring (bicyclic) bond motifs is 1. The number of aryl methyl sites for hydroxylation is 1. The predicted octanol–water partition coefficient (Wildman–Crippen LogP) is 1.54. The number of benzene rings is 1. The Hall–Kier alpha value is -2.57. The molecule has 1 aromatic heterocycles. The molecule has 7 nitrogen and oxygen atoms in total. The average molecular weight is 290 g/mol. The van der Waals surface area contributed by atoms with E-state index >= 15 is 0 Å². The summed E-state index contributed by atoms with van der Waals surface area (Å²) in [6.07, 6.45) is 0.454. The lowest BCUT2D eigenvalue weighted by atomic mass is 10.2. The summed E-state index contributed by atoms with van der Waals surface area (Å²) in [6.45, 7) is 2.62. The van der Waals surface area contributed by atoms with Gasteiger partial charge in [-0.25, -0.2) is 9.78 Å². The molecule has 0 unspecified atom stereocenters. The van der Waals surface area contributed by atoms with Gasteiger partial charge in [0.25, 0.3) is 0 Å². The fourth-order valence-electron chi connectivity index (χ4n) is 1.93. The topological polar surface area (TPSA) is 107 Å². The first-order valence-corrected chi connectivity index (χ1v) is 6.73. The second-order valence-electron chi connectivity index (χ2n) is 4.81. The van der Waals surface area contributed by atoms with Crippen LogP contribution in [0.2, 0.25) is 0 Å². The molecule has 2 rings (SSSR count). The number of carboxylic acid groups (broad SMARTS) is 1. The highest BCUT2D eigenvalue weighted by atomic mass is 16.4. The van der Waals surface area contributed by atoms with E-state index in [1.54, 1.807) is 0 Å². The molecule has 0 atom stereocenters. The van der Waals surface area contributed by atoms with E-state index in [9.17, 15) is 9.59 Å². The van der Waals surface area contributed by atoms with Crippen molar-refractivity contribution in [1.82, 2.24) is 20.6 Å². The van der Waals surface area contributed by atoms with Crippen LogP contribution in [0.15, 0.2) is 18.2 Å². The second kappa shape index (κ2) is 6.74. The number of H-pyrrole nitrogens is 1. The van der Waals surface area contributed by atoms with Gasteiger partial charge < -0.3 is 20.7 Å². The highest BCUT2D eigenvalue weighted by Crippen LogP contribution is 2.12. The molecule has 0 bridgehead atoms. The number of aromatic amines is 1. The van der Waals surface area contributed by atoms with Gasteiger partial charge in [-0.3, -0.25) is 4.79 Å². The molecule has 0 saturated heterocycles. The van der Waals surface area contributed by atoms with Crippen LogP contribution in [0.4, 0.5) is 4.79 Å². The van der Waals surface area contributed by atoms with Gasteiger partial charge in [-0.1, -0.05) is 6.07 Å². The van der Waals surface area contributed by atoms with E-state index in [2.05, 4.69) is 20.6 Å². The average Bonchev–Trinajstić information content (AvgIpc) is 2.83. The van der Waals surface area contributed by atoms with E-state index in [0.29, 0.717) is 25.3 Å². The third-order valence-electron chi connectivity index (χ3n) is 2.96. The molecule has 0 aliphatic rings. The summed E-state index contributed by atoms with van der Waals surface area (Å²) in [5, 5.41) is 13.7. The number of amides is 2. The van der Waals surface area contributed by atoms with E-state index < -0.39 is 5.97 Å². The Morgan fingerprint density at radius 2 is 2.14 bits per heavy atom. The predicted molar refractivity (Wildman–Crippen MR) is 77.9 cm³/mol. The number of urea groups is 1. The van der Waals surface area contributed by atoms with Gasteiger partial charge in [0.2, 0.25) is 0 Å². The van der Waals surface area contributed by atoms with Crippen molar-refractivity contribution < 1.29 is 14.7 Å². The molecule has 0 saturated carbocycles. The Kier molecular flexibility index (Phi) is 4.76. The van der Waals surface area contributed by atoms with Crippen LogP contribution in [0, 0.1) is 6.92 Å². The van der Waals surface area contributed by atoms with Crippen molar-refractivity contribution in [3.8, 4) is 0 Å². The highest BCUT2D eigenvalue weighted by molar-refractivity contribution is 5.76. The standard InChI is InChI=1S/C14H18N4O3/c1-9-4-5-10-11(7-9)18-12(17-10)8-16-14(21)15-6-2-3-13(19)20/h4-5,7H,2-3,6,8H2,1H3,(H,17,18)(H,19,20)(H2,15,16,21). The molecule has 1 heterocycles. The first-order chi connectivity index (χ1) is 10.0. The van der Waals surface area contributed by atoms with Crippen LogP contribution < -0.4 is 10.6 Å². The molecule has 0 radical (unpaired) electrons. The summed E-state index contributed by atoms with van der Waals surface area (Å²) < 4.78 is 0. The zero-order valence-electron chi connectivity index (χ0n) is 11.8. The molecule has 2 amide bonds. The van der Waals surface area contributed by atoms with Crippen molar-refractivity contribution in [1.29, 1.82) is 0 Å². The fraction of sp³-hybridized carbons (Fsp3) is 0.357. The van der Waals surface area contributed by atoms with Gasteiger partial charge in [-0.15, -0.1) is 0 Å². The molecule has 2 aromatic rings. The Balaban J connectivity index is 1.78. The fourth-order valence-corrected chi connectivity index (χ4v) is 1.93. The van der Waals surface area contributed by atoms with E-state index in [0.717, 1.165) is 16.6 Å². The number of hydrogen-bond acceptors (Lipinski definition) is 3. The second-order valence-corrected chi connectivity index (χ2v) is 4.81. The third-order valence-corrected chi connectivity index (χ3v) is 2.96. The van der Waals surface area contributed by atoms with Crippen molar-refractivity contribution in [3.63, 3.8) is 0 Å². The molecule has 0 aliphatic heterocycles. The quantitative estimate of drug-likeness (QED) is 0.605. The van der Waals surface area contributed by atoms with Gasteiger partial charge in [0.15, 0.2) is 0 Å². The van der Waals surface area contributed by atoms with Crippen LogP contribution in [-0.4, -0.2) is 33.6 Å². The van der Waals surface area contributed by atoms with Crippen molar-refractivity contribution in [2.75, 3.05) is 6.54 Å². The van der Waals surface area contributed by atoms with Gasteiger partial charge >= 0.3 is 12.0 Å². The lowest BCUT2D eigenvalue weighted by molar-refractivity contribution is -0.137. The van der Waals surface area contributed by atoms with Gasteiger partial charge in [0, 0.05) is 13.0 Å². The first kappa shape index (κ1) is 14.8. The summed E-state index contributed by atoms with van der Waals surface area (Å²) in [4.78, 5) is 29.4. The third kappa shape index (κ3) is 4.48. The number of carbonyl (C=O) groups is 2. The maximum absolute atomic E-state index is 11.5. The maximum atomic E-state index is 11.5. The van der Waals surface area contributed by atoms with E-state index in [1.807, 2.05) is 25.1 Å². The van der Waals surface area contributed by atoms with Crippen LogP contribution in [0.25, 0.3) is 11.0 Å². The van der Waals surface area contributed by atoms with Gasteiger partial charge in [0.05, 0.1) is 17.6 Å². The summed E-state index contributed by atoms with van der Waals surface area (Å²) in [7, 11) is 0. The van der Waals surface area contributed by atoms with Crippen LogP contribution in [0.3, 0.4) is 0 Å². The number of carbonyl (C=O) groups excluding carboxylic acids is 1. The lowest BCUT2D eigenvalue weighted by Gasteiger charge is -2.05. The maximum Gasteiger partial charge on any atom is 0.315 e. The molecule has 7 heteroatoms. The number of aromatic nitrogens is 2. The van der Waals surface area contributed by atoms with Crippen molar-refractivity contribution in [2.45, 2.75) is 26.3 Å². The summed E-state index contributed by atoms with van der Waals surface area (Å²) in [5.74, 6) is -0.189. The van der Waals surface area contributed by atoms with Gasteiger partial charge in [-0.05, 0) is 31.0 Å². The van der Waals surface area contributed by atoms with E-state index in [-0.39, 0.29) is 12.5 Å². The van der Waals surface area contributed by atoms with Crippen LogP contribution in [0.1, 0.15) is 24.2 Å². The van der Waals surface area contributed by atoms with Crippen molar-refractivity contribution in [3.05, 3.63) is 29.6 Å². The van der Waals surface area contributed by atoms with Gasteiger partial charge in [-0.2, -0.15) is 0 Å². The van der Waals surface area contributed by atoms with E-state index in [4.69, 9.17) is 5.11 Å². The van der Waals surface area contributed by atoms with Crippen LogP contribution >= 0.6 is 0 Å². The number of hydrogen-bond donors (Lipinski definition) is 4. The smallest absolute Gasteiger partial charge is 0.315 e. The molecule has 0 fully saturated rings. The Bertz CT molecular complexity index is 651. The number of nitrogens with zero attached hydrogens (tertiary/aromatic N) is 1. The molecule has 0 aliphatic carbocycles. The first-order valence-electron chi connectivity index (χ1n) is 6.73. The monoisotopic (exact) mass is 290 g/mol. The van der Waals surface area contributed by atoms with Crippen molar-refractivity contribution in [2.24, 2.45) is 0 Å². The number of imidazole rings is 1. The van der Waals surface area contributed by atoms with E-state index in [1.165, 1.54) is 0 Å². The molecule has 4 N–H and O–H groups in total. The minimum atomic E-state index is -0.866. The molecule has 1 aromatic carbocycles. The Morgan fingerprint density at radius 3 is 2.90 bits per heavy atom. The number of aliphatic carboxylic acids is 1. The zero-order chi connectivity index (χ0) is 15.2. The molecular formula is C14H18N4O3. The Labute approximate surface area is 121 Å². The van der Waals surface area contributed by atoms with Crippen LogP contribution in [0.5, 0.6) is 0 Å².